The minimum atomic E-state index is -4.35. The van der Waals surface area contributed by atoms with Crippen LogP contribution in [0.25, 0.3) is 0 Å². The lowest BCUT2D eigenvalue weighted by Gasteiger charge is -2.11. The zero-order valence-electron chi connectivity index (χ0n) is 12.7. The SMILES string of the molecule is CC(C)NC(=S)Nc1cnn(Cc2cccc(C(F)(F)F)c2)c1. The molecule has 124 valence electrons. The van der Waals surface area contributed by atoms with Crippen LogP contribution in [0.2, 0.25) is 0 Å². The molecule has 0 aliphatic carbocycles. The van der Waals surface area contributed by atoms with Crippen molar-refractivity contribution >= 4 is 23.0 Å². The third-order valence-electron chi connectivity index (χ3n) is 2.91. The molecule has 1 aromatic heterocycles. The Labute approximate surface area is 137 Å². The first kappa shape index (κ1) is 17.3. The van der Waals surface area contributed by atoms with Gasteiger partial charge in [-0.05, 0) is 43.8 Å². The largest absolute Gasteiger partial charge is 0.416 e. The van der Waals surface area contributed by atoms with Crippen molar-refractivity contribution in [2.45, 2.75) is 32.6 Å². The minimum absolute atomic E-state index is 0.204. The van der Waals surface area contributed by atoms with E-state index in [2.05, 4.69) is 15.7 Å². The molecule has 0 radical (unpaired) electrons. The van der Waals surface area contributed by atoms with Gasteiger partial charge in [0.2, 0.25) is 0 Å². The van der Waals surface area contributed by atoms with Crippen LogP contribution in [0.1, 0.15) is 25.0 Å². The highest BCUT2D eigenvalue weighted by atomic mass is 32.1. The number of hydrogen-bond acceptors (Lipinski definition) is 2. The number of nitrogens with zero attached hydrogens (tertiary/aromatic N) is 2. The zero-order valence-corrected chi connectivity index (χ0v) is 13.5. The Hall–Kier alpha value is -2.09. The summed E-state index contributed by atoms with van der Waals surface area (Å²) in [6.45, 7) is 4.17. The molecule has 0 unspecified atom stereocenters. The summed E-state index contributed by atoms with van der Waals surface area (Å²) in [6.07, 6.45) is -1.09. The Balaban J connectivity index is 2.03. The van der Waals surface area contributed by atoms with Gasteiger partial charge in [0.1, 0.15) is 0 Å². The fraction of sp³-hybridized carbons (Fsp3) is 0.333. The Morgan fingerprint density at radius 3 is 2.74 bits per heavy atom. The van der Waals surface area contributed by atoms with E-state index in [1.165, 1.54) is 6.07 Å². The number of halogens is 3. The number of nitrogens with one attached hydrogen (secondary N) is 2. The number of hydrogen-bond donors (Lipinski definition) is 2. The van der Waals surface area contributed by atoms with Crippen molar-refractivity contribution in [3.8, 4) is 0 Å². The Morgan fingerprint density at radius 1 is 1.35 bits per heavy atom. The van der Waals surface area contributed by atoms with Gasteiger partial charge in [-0.25, -0.2) is 0 Å². The maximum absolute atomic E-state index is 12.7. The summed E-state index contributed by atoms with van der Waals surface area (Å²) < 4.78 is 39.7. The van der Waals surface area contributed by atoms with Crippen LogP contribution < -0.4 is 10.6 Å². The van der Waals surface area contributed by atoms with E-state index < -0.39 is 11.7 Å². The average Bonchev–Trinajstić information content (AvgIpc) is 2.84. The second-order valence-corrected chi connectivity index (χ2v) is 5.79. The molecule has 2 rings (SSSR count). The second kappa shape index (κ2) is 6.99. The highest BCUT2D eigenvalue weighted by Gasteiger charge is 2.30. The second-order valence-electron chi connectivity index (χ2n) is 5.38. The lowest BCUT2D eigenvalue weighted by Crippen LogP contribution is -2.33. The average molecular weight is 342 g/mol. The van der Waals surface area contributed by atoms with Crippen LogP contribution in [-0.4, -0.2) is 20.9 Å². The summed E-state index contributed by atoms with van der Waals surface area (Å²) in [6, 6.07) is 5.41. The predicted molar refractivity (Wildman–Crippen MR) is 87.3 cm³/mol. The molecule has 0 saturated carbocycles. The molecule has 0 bridgehead atoms. The molecule has 4 nitrogen and oxygen atoms in total. The molecule has 1 aromatic carbocycles. The first-order valence-corrected chi connectivity index (χ1v) is 7.41. The zero-order chi connectivity index (χ0) is 17.0. The smallest absolute Gasteiger partial charge is 0.360 e. The van der Waals surface area contributed by atoms with Crippen molar-refractivity contribution < 1.29 is 13.2 Å². The Kier molecular flexibility index (Phi) is 5.25. The fourth-order valence-electron chi connectivity index (χ4n) is 1.98. The third-order valence-corrected chi connectivity index (χ3v) is 3.13. The molecule has 0 atom stereocenters. The molecule has 0 saturated heterocycles. The first-order valence-electron chi connectivity index (χ1n) is 7.00. The number of alkyl halides is 3. The van der Waals surface area contributed by atoms with Crippen molar-refractivity contribution in [3.63, 3.8) is 0 Å². The molecule has 23 heavy (non-hydrogen) atoms. The van der Waals surface area contributed by atoms with Gasteiger partial charge in [0.25, 0.3) is 0 Å². The van der Waals surface area contributed by atoms with Crippen LogP contribution >= 0.6 is 12.2 Å². The maximum Gasteiger partial charge on any atom is 0.416 e. The third kappa shape index (κ3) is 5.24. The first-order chi connectivity index (χ1) is 10.7. The van der Waals surface area contributed by atoms with Crippen molar-refractivity contribution in [2.75, 3.05) is 5.32 Å². The molecule has 0 fully saturated rings. The van der Waals surface area contributed by atoms with Gasteiger partial charge in [0.05, 0.1) is 24.0 Å². The number of thiocarbonyl (C=S) groups is 1. The van der Waals surface area contributed by atoms with Crippen molar-refractivity contribution in [1.29, 1.82) is 0 Å². The lowest BCUT2D eigenvalue weighted by atomic mass is 10.1. The molecular formula is C15H17F3N4S. The summed E-state index contributed by atoms with van der Waals surface area (Å²) in [7, 11) is 0. The molecule has 2 aromatic rings. The van der Waals surface area contributed by atoms with Crippen molar-refractivity contribution in [1.82, 2.24) is 15.1 Å². The topological polar surface area (TPSA) is 41.9 Å². The molecule has 0 aliphatic heterocycles. The summed E-state index contributed by atoms with van der Waals surface area (Å²) in [5.41, 5.74) is 0.537. The highest BCUT2D eigenvalue weighted by molar-refractivity contribution is 7.80. The summed E-state index contributed by atoms with van der Waals surface area (Å²) in [4.78, 5) is 0. The summed E-state index contributed by atoms with van der Waals surface area (Å²) in [5.74, 6) is 0. The van der Waals surface area contributed by atoms with Gasteiger partial charge in [-0.2, -0.15) is 18.3 Å². The van der Waals surface area contributed by atoms with E-state index in [-0.39, 0.29) is 12.6 Å². The highest BCUT2D eigenvalue weighted by Crippen LogP contribution is 2.29. The predicted octanol–water partition coefficient (Wildman–Crippen LogP) is 3.65. The van der Waals surface area contributed by atoms with E-state index in [0.29, 0.717) is 16.4 Å². The van der Waals surface area contributed by atoms with Crippen LogP contribution in [0.15, 0.2) is 36.7 Å². The van der Waals surface area contributed by atoms with E-state index >= 15 is 0 Å². The minimum Gasteiger partial charge on any atom is -0.360 e. The Morgan fingerprint density at radius 2 is 2.09 bits per heavy atom. The van der Waals surface area contributed by atoms with Crippen LogP contribution in [0.3, 0.4) is 0 Å². The van der Waals surface area contributed by atoms with Gasteiger partial charge < -0.3 is 10.6 Å². The summed E-state index contributed by atoms with van der Waals surface area (Å²) in [5, 5.41) is 10.6. The number of rotatable bonds is 4. The van der Waals surface area contributed by atoms with Gasteiger partial charge in [0.15, 0.2) is 5.11 Å². The van der Waals surface area contributed by atoms with E-state index in [1.54, 1.807) is 23.1 Å². The number of aromatic nitrogens is 2. The van der Waals surface area contributed by atoms with E-state index in [1.807, 2.05) is 13.8 Å². The molecule has 0 aliphatic rings. The maximum atomic E-state index is 12.7. The molecule has 2 N–H and O–H groups in total. The van der Waals surface area contributed by atoms with E-state index in [9.17, 15) is 13.2 Å². The molecule has 1 heterocycles. The van der Waals surface area contributed by atoms with Gasteiger partial charge in [-0.3, -0.25) is 4.68 Å². The lowest BCUT2D eigenvalue weighted by molar-refractivity contribution is -0.137. The van der Waals surface area contributed by atoms with E-state index in [4.69, 9.17) is 12.2 Å². The van der Waals surface area contributed by atoms with Crippen molar-refractivity contribution in [3.05, 3.63) is 47.8 Å². The van der Waals surface area contributed by atoms with Gasteiger partial charge in [-0.15, -0.1) is 0 Å². The van der Waals surface area contributed by atoms with Gasteiger partial charge in [0, 0.05) is 12.2 Å². The van der Waals surface area contributed by atoms with Crippen molar-refractivity contribution in [2.24, 2.45) is 0 Å². The van der Waals surface area contributed by atoms with Gasteiger partial charge in [-0.1, -0.05) is 12.1 Å². The Bertz CT molecular complexity index is 679. The van der Waals surface area contributed by atoms with Gasteiger partial charge >= 0.3 is 6.18 Å². The standard InChI is InChI=1S/C15H17F3N4S/c1-10(2)20-14(23)21-13-7-19-22(9-13)8-11-4-3-5-12(6-11)15(16,17)18/h3-7,9-10H,8H2,1-2H3,(H2,20,21,23). The number of anilines is 1. The molecular weight excluding hydrogens is 325 g/mol. The molecule has 0 spiro atoms. The normalized spacial score (nSPS) is 11.6. The fourth-order valence-corrected chi connectivity index (χ4v) is 2.33. The van der Waals surface area contributed by atoms with Crippen LogP contribution in [0.4, 0.5) is 18.9 Å². The van der Waals surface area contributed by atoms with E-state index in [0.717, 1.165) is 12.1 Å². The number of benzene rings is 1. The van der Waals surface area contributed by atoms with Crippen LogP contribution in [-0.2, 0) is 12.7 Å². The monoisotopic (exact) mass is 342 g/mol. The van der Waals surface area contributed by atoms with Crippen LogP contribution in [0, 0.1) is 0 Å². The van der Waals surface area contributed by atoms with Crippen LogP contribution in [0.5, 0.6) is 0 Å². The molecule has 8 heteroatoms. The summed E-state index contributed by atoms with van der Waals surface area (Å²) >= 11 is 5.12. The quantitative estimate of drug-likeness (QED) is 0.833. The molecule has 0 amide bonds.